The molecule has 120 valence electrons. The van der Waals surface area contributed by atoms with Gasteiger partial charge in [-0.25, -0.2) is 0 Å². The molecule has 0 saturated heterocycles. The fourth-order valence-electron chi connectivity index (χ4n) is 8.69. The van der Waals surface area contributed by atoms with Gasteiger partial charge in [0.05, 0.1) is 0 Å². The SMILES string of the molecule is OC[C@@H]1[C@@H]2C[C@H]3C[C@@H](C2)C(=C2C4CC5CC(C4)CC2C5)[C@@H]1C3. The third kappa shape index (κ3) is 1.60. The maximum Gasteiger partial charge on any atom is 0.0467 e. The molecule has 8 fully saturated rings. The van der Waals surface area contributed by atoms with Gasteiger partial charge in [-0.3, -0.25) is 0 Å². The molecule has 1 N–H and O–H groups in total. The largest absolute Gasteiger partial charge is 0.396 e. The van der Waals surface area contributed by atoms with Crippen molar-refractivity contribution in [2.45, 2.75) is 57.8 Å². The number of rotatable bonds is 1. The molecular weight excluding hydrogens is 268 g/mol. The van der Waals surface area contributed by atoms with Crippen molar-refractivity contribution < 1.29 is 5.11 Å². The molecular formula is C21H30O. The summed E-state index contributed by atoms with van der Waals surface area (Å²) in [6.07, 6.45) is 13.5. The monoisotopic (exact) mass is 298 g/mol. The van der Waals surface area contributed by atoms with Crippen molar-refractivity contribution in [3.8, 4) is 0 Å². The Bertz CT molecular complexity index is 502. The van der Waals surface area contributed by atoms with E-state index in [4.69, 9.17) is 0 Å². The summed E-state index contributed by atoms with van der Waals surface area (Å²) < 4.78 is 0. The lowest BCUT2D eigenvalue weighted by molar-refractivity contribution is -0.0243. The molecule has 8 saturated carbocycles. The average molecular weight is 298 g/mol. The van der Waals surface area contributed by atoms with Gasteiger partial charge in [0.15, 0.2) is 0 Å². The van der Waals surface area contributed by atoms with Gasteiger partial charge in [0.1, 0.15) is 0 Å². The topological polar surface area (TPSA) is 20.2 Å². The maximum atomic E-state index is 10.0. The van der Waals surface area contributed by atoms with Crippen LogP contribution in [-0.4, -0.2) is 11.7 Å². The van der Waals surface area contributed by atoms with Crippen LogP contribution in [0.2, 0.25) is 0 Å². The van der Waals surface area contributed by atoms with Gasteiger partial charge in [0.25, 0.3) is 0 Å². The average Bonchev–Trinajstić information content (AvgIpc) is 2.48. The van der Waals surface area contributed by atoms with Crippen molar-refractivity contribution in [3.05, 3.63) is 11.1 Å². The van der Waals surface area contributed by atoms with E-state index >= 15 is 0 Å². The molecule has 8 aliphatic carbocycles. The van der Waals surface area contributed by atoms with Crippen molar-refractivity contribution >= 4 is 0 Å². The molecule has 0 aromatic carbocycles. The minimum absolute atomic E-state index is 0.464. The van der Waals surface area contributed by atoms with Gasteiger partial charge < -0.3 is 5.11 Å². The first-order valence-corrected chi connectivity index (χ1v) is 10.1. The predicted molar refractivity (Wildman–Crippen MR) is 87.1 cm³/mol. The van der Waals surface area contributed by atoms with E-state index in [1.807, 2.05) is 11.1 Å². The zero-order valence-electron chi connectivity index (χ0n) is 13.7. The lowest BCUT2D eigenvalue weighted by atomic mass is 9.46. The molecule has 0 radical (unpaired) electrons. The Labute approximate surface area is 134 Å². The fourth-order valence-corrected chi connectivity index (χ4v) is 8.69. The molecule has 22 heavy (non-hydrogen) atoms. The summed E-state index contributed by atoms with van der Waals surface area (Å²) in [5.41, 5.74) is 3.96. The third-order valence-corrected chi connectivity index (χ3v) is 8.95. The van der Waals surface area contributed by atoms with E-state index in [0.717, 1.165) is 47.3 Å². The molecule has 5 atom stereocenters. The van der Waals surface area contributed by atoms with E-state index in [9.17, 15) is 5.11 Å². The molecule has 1 heteroatoms. The van der Waals surface area contributed by atoms with Crippen molar-refractivity contribution in [1.29, 1.82) is 0 Å². The highest BCUT2D eigenvalue weighted by Crippen LogP contribution is 2.64. The van der Waals surface area contributed by atoms with Gasteiger partial charge in [-0.1, -0.05) is 11.1 Å². The first-order chi connectivity index (χ1) is 10.8. The van der Waals surface area contributed by atoms with Crippen LogP contribution in [0, 0.1) is 53.3 Å². The molecule has 0 spiro atoms. The van der Waals surface area contributed by atoms with Gasteiger partial charge in [-0.05, 0) is 111 Å². The number of hydrogen-bond donors (Lipinski definition) is 1. The first kappa shape index (κ1) is 13.0. The van der Waals surface area contributed by atoms with Crippen LogP contribution in [0.3, 0.4) is 0 Å². The summed E-state index contributed by atoms with van der Waals surface area (Å²) in [5, 5.41) is 10.0. The van der Waals surface area contributed by atoms with Crippen LogP contribution >= 0.6 is 0 Å². The Morgan fingerprint density at radius 2 is 1.23 bits per heavy atom. The molecule has 8 aliphatic rings. The summed E-state index contributed by atoms with van der Waals surface area (Å²) >= 11 is 0. The van der Waals surface area contributed by atoms with E-state index in [0.29, 0.717) is 12.5 Å². The van der Waals surface area contributed by atoms with Crippen LogP contribution < -0.4 is 0 Å². The second kappa shape index (κ2) is 4.41. The Morgan fingerprint density at radius 1 is 0.636 bits per heavy atom. The quantitative estimate of drug-likeness (QED) is 0.711. The van der Waals surface area contributed by atoms with Crippen molar-refractivity contribution in [3.63, 3.8) is 0 Å². The fraction of sp³-hybridized carbons (Fsp3) is 0.905. The number of allylic oxidation sites excluding steroid dienone is 2. The summed E-state index contributed by atoms with van der Waals surface area (Å²) in [5.74, 6) is 8.37. The lowest BCUT2D eigenvalue weighted by Gasteiger charge is -2.59. The highest BCUT2D eigenvalue weighted by atomic mass is 16.3. The van der Waals surface area contributed by atoms with Gasteiger partial charge in [0.2, 0.25) is 0 Å². The molecule has 1 nitrogen and oxygen atoms in total. The minimum Gasteiger partial charge on any atom is -0.396 e. The Morgan fingerprint density at radius 3 is 1.86 bits per heavy atom. The molecule has 0 amide bonds. The second-order valence-corrected chi connectivity index (χ2v) is 9.93. The zero-order chi connectivity index (χ0) is 14.4. The van der Waals surface area contributed by atoms with Crippen LogP contribution in [0.5, 0.6) is 0 Å². The molecule has 0 aromatic heterocycles. The summed E-state index contributed by atoms with van der Waals surface area (Å²) in [6.45, 7) is 0.464. The molecule has 0 unspecified atom stereocenters. The number of aliphatic hydroxyl groups is 1. The van der Waals surface area contributed by atoms with Crippen LogP contribution in [0.1, 0.15) is 57.8 Å². The van der Waals surface area contributed by atoms with E-state index < -0.39 is 0 Å². The summed E-state index contributed by atoms with van der Waals surface area (Å²) in [6, 6.07) is 0. The Hall–Kier alpha value is -0.300. The van der Waals surface area contributed by atoms with Crippen LogP contribution in [0.25, 0.3) is 0 Å². The van der Waals surface area contributed by atoms with Crippen molar-refractivity contribution in [2.75, 3.05) is 6.61 Å². The van der Waals surface area contributed by atoms with Gasteiger partial charge in [-0.15, -0.1) is 0 Å². The molecule has 0 aliphatic heterocycles. The molecule has 0 heterocycles. The highest BCUT2D eigenvalue weighted by molar-refractivity contribution is 5.34. The van der Waals surface area contributed by atoms with Crippen LogP contribution in [0.4, 0.5) is 0 Å². The Balaban J connectivity index is 1.46. The van der Waals surface area contributed by atoms with Gasteiger partial charge in [0, 0.05) is 6.61 Å². The third-order valence-electron chi connectivity index (χ3n) is 8.95. The molecule has 8 bridgehead atoms. The second-order valence-electron chi connectivity index (χ2n) is 9.93. The highest BCUT2D eigenvalue weighted by Gasteiger charge is 2.54. The smallest absolute Gasteiger partial charge is 0.0467 e. The maximum absolute atomic E-state index is 10.0. The van der Waals surface area contributed by atoms with Crippen molar-refractivity contribution in [1.82, 2.24) is 0 Å². The van der Waals surface area contributed by atoms with E-state index in [1.165, 1.54) is 51.4 Å². The van der Waals surface area contributed by atoms with Gasteiger partial charge >= 0.3 is 0 Å². The number of aliphatic hydroxyl groups excluding tert-OH is 1. The van der Waals surface area contributed by atoms with Gasteiger partial charge in [-0.2, -0.15) is 0 Å². The first-order valence-electron chi connectivity index (χ1n) is 10.1. The Kier molecular flexibility index (Phi) is 2.61. The van der Waals surface area contributed by atoms with E-state index in [1.54, 1.807) is 6.42 Å². The van der Waals surface area contributed by atoms with Crippen LogP contribution in [-0.2, 0) is 0 Å². The normalized spacial score (nSPS) is 58.0. The van der Waals surface area contributed by atoms with Crippen molar-refractivity contribution in [2.24, 2.45) is 53.3 Å². The standard InChI is InChI=1S/C21H30O/c22-10-19-14-2-13-7-17(9-14)21(18(19)8-13)20-15-3-11-1-12(5-15)6-16(20)4-11/h11-19,22H,1-10H2/t11?,12?,13-,14+,15?,16?,17-,18+,19+/m0/s1. The summed E-state index contributed by atoms with van der Waals surface area (Å²) in [4.78, 5) is 0. The lowest BCUT2D eigenvalue weighted by Crippen LogP contribution is -2.50. The molecule has 8 rings (SSSR count). The summed E-state index contributed by atoms with van der Waals surface area (Å²) in [7, 11) is 0. The van der Waals surface area contributed by atoms with Crippen LogP contribution in [0.15, 0.2) is 11.1 Å². The minimum atomic E-state index is 0.464. The molecule has 0 aromatic rings. The predicted octanol–water partition coefficient (Wildman–Crippen LogP) is 4.41. The zero-order valence-corrected chi connectivity index (χ0v) is 13.7. The van der Waals surface area contributed by atoms with E-state index in [-0.39, 0.29) is 0 Å². The van der Waals surface area contributed by atoms with E-state index in [2.05, 4.69) is 0 Å². The number of hydrogen-bond acceptors (Lipinski definition) is 1.